The lowest BCUT2D eigenvalue weighted by Crippen LogP contribution is -2.27. The van der Waals surface area contributed by atoms with Gasteiger partial charge in [0, 0.05) is 32.9 Å². The number of hydrogen-bond acceptors (Lipinski definition) is 4. The fourth-order valence-corrected chi connectivity index (χ4v) is 8.68. The zero-order valence-electron chi connectivity index (χ0n) is 27.9. The summed E-state index contributed by atoms with van der Waals surface area (Å²) in [6.45, 7) is 7.80. The van der Waals surface area contributed by atoms with E-state index in [1.54, 1.807) is 0 Å². The van der Waals surface area contributed by atoms with Crippen molar-refractivity contribution in [1.29, 1.82) is 0 Å². The Bertz CT molecular complexity index is 2700. The highest BCUT2D eigenvalue weighted by molar-refractivity contribution is 6.11. The van der Waals surface area contributed by atoms with Crippen LogP contribution in [0.15, 0.2) is 138 Å². The second-order valence-electron chi connectivity index (χ2n) is 13.7. The molecule has 0 aliphatic heterocycles. The summed E-state index contributed by atoms with van der Waals surface area (Å²) in [6.07, 6.45) is 6.00. The van der Waals surface area contributed by atoms with Crippen LogP contribution in [0.2, 0.25) is 0 Å². The normalized spacial score (nSPS) is 14.4. The van der Waals surface area contributed by atoms with E-state index in [0.717, 1.165) is 57.0 Å². The van der Waals surface area contributed by atoms with Crippen LogP contribution in [-0.4, -0.2) is 15.0 Å². The van der Waals surface area contributed by atoms with Crippen molar-refractivity contribution in [3.8, 4) is 56.4 Å². The zero-order valence-corrected chi connectivity index (χ0v) is 27.9. The Balaban J connectivity index is 1.17. The van der Waals surface area contributed by atoms with Crippen molar-refractivity contribution in [2.75, 3.05) is 0 Å². The summed E-state index contributed by atoms with van der Waals surface area (Å²) in [5, 5.41) is 2.02. The first-order chi connectivity index (χ1) is 25.2. The van der Waals surface area contributed by atoms with Gasteiger partial charge in [-0.05, 0) is 70.5 Å². The summed E-state index contributed by atoms with van der Waals surface area (Å²) >= 11 is 0. The van der Waals surface area contributed by atoms with Crippen LogP contribution in [0.1, 0.15) is 43.2 Å². The highest BCUT2D eigenvalue weighted by Gasteiger charge is 2.44. The van der Waals surface area contributed by atoms with Crippen molar-refractivity contribution in [2.45, 2.75) is 37.5 Å². The molecule has 51 heavy (non-hydrogen) atoms. The predicted octanol–water partition coefficient (Wildman–Crippen LogP) is 12.2. The number of rotatable bonds is 4. The molecule has 1 spiro atoms. The third-order valence-electron chi connectivity index (χ3n) is 10.9. The van der Waals surface area contributed by atoms with Gasteiger partial charge in [0.1, 0.15) is 11.2 Å². The molecule has 242 valence electrons. The first-order valence-corrected chi connectivity index (χ1v) is 17.7. The van der Waals surface area contributed by atoms with Crippen molar-refractivity contribution < 1.29 is 4.42 Å². The van der Waals surface area contributed by atoms with Crippen LogP contribution in [-0.2, 0) is 5.41 Å². The predicted molar refractivity (Wildman–Crippen MR) is 204 cm³/mol. The quantitative estimate of drug-likeness (QED) is 0.177. The maximum absolute atomic E-state index is 7.80. The molecule has 0 amide bonds. The number of nitrogens with zero attached hydrogens (tertiary/aromatic N) is 4. The van der Waals surface area contributed by atoms with E-state index in [2.05, 4.69) is 71.6 Å². The van der Waals surface area contributed by atoms with E-state index in [1.807, 2.05) is 66.7 Å². The van der Waals surface area contributed by atoms with Gasteiger partial charge < -0.3 is 4.42 Å². The van der Waals surface area contributed by atoms with Gasteiger partial charge in [0.25, 0.3) is 0 Å². The molecule has 2 heterocycles. The molecule has 0 radical (unpaired) electrons. The van der Waals surface area contributed by atoms with Crippen molar-refractivity contribution in [3.05, 3.63) is 156 Å². The fourth-order valence-electron chi connectivity index (χ4n) is 8.68. The van der Waals surface area contributed by atoms with Gasteiger partial charge in [-0.2, -0.15) is 0 Å². The summed E-state index contributed by atoms with van der Waals surface area (Å²) in [4.78, 5) is 19.2. The lowest BCUT2D eigenvalue weighted by atomic mass is 9.67. The average molecular weight is 657 g/mol. The highest BCUT2D eigenvalue weighted by Crippen LogP contribution is 2.58. The Morgan fingerprint density at radius 3 is 2.08 bits per heavy atom. The molecule has 2 aliphatic rings. The second-order valence-corrected chi connectivity index (χ2v) is 13.7. The minimum Gasteiger partial charge on any atom is -0.456 e. The molecule has 0 unspecified atom stereocenters. The van der Waals surface area contributed by atoms with Crippen LogP contribution in [0.4, 0.5) is 5.69 Å². The SMILES string of the molecule is [C-]#[N+]c1ccc2c(c1)-c1c(-c3cccc(-c4nc(-c5ccccc5)nc(-c5cccc6oc7ccccc7c56)n4)c3)cccc1C21CCCCC1. The van der Waals surface area contributed by atoms with Crippen LogP contribution >= 0.6 is 0 Å². The Labute approximate surface area is 296 Å². The van der Waals surface area contributed by atoms with E-state index < -0.39 is 0 Å². The Morgan fingerprint density at radius 2 is 1.22 bits per heavy atom. The first kappa shape index (κ1) is 29.5. The molecule has 0 atom stereocenters. The fraction of sp³-hybridized carbons (Fsp3) is 0.130. The van der Waals surface area contributed by atoms with Gasteiger partial charge in [-0.25, -0.2) is 19.8 Å². The molecule has 1 saturated carbocycles. The number of benzene rings is 6. The molecule has 5 heteroatoms. The third-order valence-corrected chi connectivity index (χ3v) is 10.9. The minimum absolute atomic E-state index is 0.00304. The van der Waals surface area contributed by atoms with Crippen LogP contribution < -0.4 is 0 Å². The molecule has 10 rings (SSSR count). The summed E-state index contributed by atoms with van der Waals surface area (Å²) in [7, 11) is 0. The molecular formula is C46H32N4O. The molecule has 0 bridgehead atoms. The van der Waals surface area contributed by atoms with Gasteiger partial charge in [-0.15, -0.1) is 0 Å². The Morgan fingerprint density at radius 1 is 0.529 bits per heavy atom. The lowest BCUT2D eigenvalue weighted by Gasteiger charge is -2.36. The molecule has 6 aromatic carbocycles. The number of para-hydroxylation sites is 1. The van der Waals surface area contributed by atoms with Crippen molar-refractivity contribution in [3.63, 3.8) is 0 Å². The van der Waals surface area contributed by atoms with Crippen LogP contribution in [0.5, 0.6) is 0 Å². The average Bonchev–Trinajstić information content (AvgIpc) is 3.71. The topological polar surface area (TPSA) is 56.2 Å². The van der Waals surface area contributed by atoms with Crippen LogP contribution in [0.25, 0.3) is 83.2 Å². The molecule has 2 aliphatic carbocycles. The zero-order chi connectivity index (χ0) is 33.9. The van der Waals surface area contributed by atoms with Crippen molar-refractivity contribution in [1.82, 2.24) is 15.0 Å². The first-order valence-electron chi connectivity index (χ1n) is 17.7. The monoisotopic (exact) mass is 656 g/mol. The smallest absolute Gasteiger partial charge is 0.187 e. The van der Waals surface area contributed by atoms with E-state index in [-0.39, 0.29) is 5.41 Å². The van der Waals surface area contributed by atoms with E-state index in [4.69, 9.17) is 25.9 Å². The molecular weight excluding hydrogens is 625 g/mol. The summed E-state index contributed by atoms with van der Waals surface area (Å²) in [5.74, 6) is 1.82. The van der Waals surface area contributed by atoms with Gasteiger partial charge in [0.05, 0.1) is 6.57 Å². The largest absolute Gasteiger partial charge is 0.456 e. The van der Waals surface area contributed by atoms with E-state index in [0.29, 0.717) is 23.2 Å². The molecule has 8 aromatic rings. The summed E-state index contributed by atoms with van der Waals surface area (Å²) < 4.78 is 6.24. The minimum atomic E-state index is 0.00304. The van der Waals surface area contributed by atoms with E-state index >= 15 is 0 Å². The Hall–Kier alpha value is -6.38. The van der Waals surface area contributed by atoms with Crippen LogP contribution in [0, 0.1) is 6.57 Å². The number of aromatic nitrogens is 3. The molecule has 1 fully saturated rings. The number of fused-ring (bicyclic) bond motifs is 8. The van der Waals surface area contributed by atoms with Gasteiger partial charge in [-0.3, -0.25) is 0 Å². The van der Waals surface area contributed by atoms with E-state index in [1.165, 1.54) is 47.1 Å². The maximum Gasteiger partial charge on any atom is 0.187 e. The van der Waals surface area contributed by atoms with Gasteiger partial charge in [-0.1, -0.05) is 128 Å². The maximum atomic E-state index is 7.80. The molecule has 5 nitrogen and oxygen atoms in total. The Kier molecular flexibility index (Phi) is 6.72. The van der Waals surface area contributed by atoms with Crippen molar-refractivity contribution >= 4 is 27.6 Å². The summed E-state index contributed by atoms with van der Waals surface area (Å²) in [5.41, 5.74) is 12.6. The van der Waals surface area contributed by atoms with Gasteiger partial charge in [0.15, 0.2) is 23.2 Å². The van der Waals surface area contributed by atoms with Crippen molar-refractivity contribution in [2.24, 2.45) is 0 Å². The van der Waals surface area contributed by atoms with E-state index in [9.17, 15) is 0 Å². The molecule has 2 aromatic heterocycles. The van der Waals surface area contributed by atoms with Crippen LogP contribution in [0.3, 0.4) is 0 Å². The third kappa shape index (κ3) is 4.64. The standard InChI is InChI=1S/C46H32N4O/c1-47-32-23-24-37-36(28-32)41-33(18-11-20-38(41)46(37)25-8-3-9-26-46)30-15-10-16-31(27-30)44-48-43(29-13-4-2-5-14-29)49-45(50-44)35-19-12-22-40-42(35)34-17-6-7-21-39(34)51-40/h2,4-7,10-24,27-28H,3,8-9,25-26H2. The lowest BCUT2D eigenvalue weighted by molar-refractivity contribution is 0.353. The molecule has 0 saturated heterocycles. The highest BCUT2D eigenvalue weighted by atomic mass is 16.3. The number of hydrogen-bond donors (Lipinski definition) is 0. The molecule has 0 N–H and O–H groups in total. The second kappa shape index (κ2) is 11.6. The number of furan rings is 1. The van der Waals surface area contributed by atoms with Gasteiger partial charge in [0.2, 0.25) is 0 Å². The summed E-state index contributed by atoms with van der Waals surface area (Å²) in [6, 6.07) is 46.0. The van der Waals surface area contributed by atoms with Gasteiger partial charge >= 0.3 is 0 Å².